The largest absolute Gasteiger partial charge is 0.481 e. The fourth-order valence-corrected chi connectivity index (χ4v) is 5.85. The molecule has 1 saturated carbocycles. The van der Waals surface area contributed by atoms with Gasteiger partial charge in [-0.3, -0.25) is 19.2 Å². The smallest absolute Gasteiger partial charge is 0.407 e. The number of nitrogens with zero attached hydrogens (tertiary/aromatic N) is 2. The summed E-state index contributed by atoms with van der Waals surface area (Å²) in [6, 6.07) is 5.59. The molecule has 4 rings (SSSR count). The number of halogens is 3. The number of likely N-dealkylation sites (N-methyl/N-ethyl adjacent to an activating group) is 1. The second-order valence-corrected chi connectivity index (χ2v) is 13.2. The van der Waals surface area contributed by atoms with E-state index in [0.717, 1.165) is 61.4 Å². The highest BCUT2D eigenvalue weighted by Gasteiger charge is 2.33. The summed E-state index contributed by atoms with van der Waals surface area (Å²) in [5.41, 5.74) is 0.994. The minimum atomic E-state index is -4.54. The molecule has 0 radical (unpaired) electrons. The van der Waals surface area contributed by atoms with Crippen molar-refractivity contribution in [3.05, 3.63) is 54.8 Å². The van der Waals surface area contributed by atoms with E-state index in [0.29, 0.717) is 24.0 Å². The Kier molecular flexibility index (Phi) is 19.9. The minimum absolute atomic E-state index is 0.0397. The van der Waals surface area contributed by atoms with Crippen LogP contribution in [0.1, 0.15) is 77.2 Å². The molecule has 2 fully saturated rings. The first-order chi connectivity index (χ1) is 24.9. The number of unbranched alkanes of at least 4 members (excludes halogenated alkanes) is 2. The van der Waals surface area contributed by atoms with Crippen LogP contribution in [0.15, 0.2) is 49.2 Å². The number of methoxy groups -OCH3 is 1. The molecule has 11 nitrogen and oxygen atoms in total. The number of hydrogen-bond donors (Lipinski definition) is 3. The third-order valence-electron chi connectivity index (χ3n) is 7.88. The van der Waals surface area contributed by atoms with Crippen molar-refractivity contribution in [2.75, 3.05) is 27.3 Å². The Bertz CT molecular complexity index is 1470. The molecule has 15 heteroatoms. The van der Waals surface area contributed by atoms with Crippen LogP contribution in [0.2, 0.25) is 0 Å². The van der Waals surface area contributed by atoms with Crippen molar-refractivity contribution in [3.8, 4) is 5.88 Å². The van der Waals surface area contributed by atoms with E-state index >= 15 is 0 Å². The number of aromatic nitrogens is 1. The van der Waals surface area contributed by atoms with Gasteiger partial charge in [-0.25, -0.2) is 9.78 Å². The number of aldehydes is 1. The van der Waals surface area contributed by atoms with Gasteiger partial charge in [-0.05, 0) is 100.0 Å². The van der Waals surface area contributed by atoms with Gasteiger partial charge < -0.3 is 24.9 Å². The molecule has 3 atom stereocenters. The van der Waals surface area contributed by atoms with Crippen LogP contribution in [-0.4, -0.2) is 90.9 Å². The Balaban J connectivity index is 0.000000368. The quantitative estimate of drug-likeness (QED) is 0.0692. The molecular weight excluding hydrogens is 699 g/mol. The molecule has 52 heavy (non-hydrogen) atoms. The number of ether oxygens (including phenoxy) is 2. The van der Waals surface area contributed by atoms with Crippen molar-refractivity contribution < 1.29 is 41.8 Å². The number of nitrogens with one attached hydrogen (secondary N) is 3. The molecule has 1 aromatic heterocycles. The van der Waals surface area contributed by atoms with E-state index < -0.39 is 30.8 Å². The zero-order valence-corrected chi connectivity index (χ0v) is 31.2. The molecule has 1 aliphatic carbocycles. The van der Waals surface area contributed by atoms with Crippen LogP contribution >= 0.6 is 11.9 Å². The van der Waals surface area contributed by atoms with Crippen LogP contribution < -0.4 is 20.1 Å². The van der Waals surface area contributed by atoms with E-state index in [1.165, 1.54) is 11.9 Å². The normalized spacial score (nSPS) is 16.7. The predicted octanol–water partition coefficient (Wildman–Crippen LogP) is 6.77. The van der Waals surface area contributed by atoms with E-state index in [1.54, 1.807) is 19.4 Å². The van der Waals surface area contributed by atoms with E-state index in [4.69, 9.17) is 9.47 Å². The Morgan fingerprint density at radius 1 is 1.13 bits per heavy atom. The number of carbonyl (C=O) groups is 4. The highest BCUT2D eigenvalue weighted by atomic mass is 32.2. The van der Waals surface area contributed by atoms with Crippen molar-refractivity contribution in [2.24, 2.45) is 0 Å². The molecule has 0 spiro atoms. The van der Waals surface area contributed by atoms with Gasteiger partial charge in [0.1, 0.15) is 12.3 Å². The average molecular weight is 752 g/mol. The highest BCUT2D eigenvalue weighted by molar-refractivity contribution is 7.98. The van der Waals surface area contributed by atoms with Crippen LogP contribution in [0.5, 0.6) is 5.88 Å². The Morgan fingerprint density at radius 2 is 1.88 bits per heavy atom. The average Bonchev–Trinajstić information content (AvgIpc) is 3.86. The number of hydrogen-bond acceptors (Lipinski definition) is 9. The van der Waals surface area contributed by atoms with Gasteiger partial charge in [0.25, 0.3) is 5.91 Å². The van der Waals surface area contributed by atoms with Gasteiger partial charge in [0.15, 0.2) is 0 Å². The Hall–Kier alpha value is -4.11. The van der Waals surface area contributed by atoms with Gasteiger partial charge in [0, 0.05) is 16.8 Å². The lowest BCUT2D eigenvalue weighted by Crippen LogP contribution is -2.50. The van der Waals surface area contributed by atoms with Crippen molar-refractivity contribution in [3.63, 3.8) is 0 Å². The number of likely N-dealkylation sites (tertiary alicyclic amines) is 1. The summed E-state index contributed by atoms with van der Waals surface area (Å²) < 4.78 is 49.6. The number of alkyl carbamates (subject to hydrolysis) is 1. The maximum absolute atomic E-state index is 12.2. The number of alkyl halides is 3. The summed E-state index contributed by atoms with van der Waals surface area (Å²) in [6.45, 7) is 8.65. The first kappa shape index (κ1) is 44.1. The molecule has 3 amide bonds. The van der Waals surface area contributed by atoms with Gasteiger partial charge in [-0.1, -0.05) is 44.2 Å². The number of fused-ring (bicyclic) bond motifs is 1. The van der Waals surface area contributed by atoms with E-state index in [-0.39, 0.29) is 30.7 Å². The van der Waals surface area contributed by atoms with Gasteiger partial charge in [0.2, 0.25) is 11.8 Å². The molecule has 2 aromatic rings. The lowest BCUT2D eigenvalue weighted by molar-refractivity contribution is -0.143. The first-order valence-corrected chi connectivity index (χ1v) is 18.4. The molecule has 2 heterocycles. The van der Waals surface area contributed by atoms with Gasteiger partial charge in [-0.2, -0.15) is 13.2 Å². The summed E-state index contributed by atoms with van der Waals surface area (Å²) in [5, 5.41) is 7.25. The SMILES string of the molecule is C=CCC(NC(=O)C1CCCN1C)C(=O)NSC1CC1.CC.COc1nccc2ccc(/C=C/CCCCOC(=O)NC(C=O)CC(F)(F)F)cc12. The molecular formula is C37H52F3N5O6S. The van der Waals surface area contributed by atoms with Crippen LogP contribution in [0.3, 0.4) is 0 Å². The Labute approximate surface area is 308 Å². The van der Waals surface area contributed by atoms with Gasteiger partial charge in [-0.15, -0.1) is 6.58 Å². The first-order valence-electron chi connectivity index (χ1n) is 17.6. The molecule has 1 aromatic carbocycles. The number of benzene rings is 1. The summed E-state index contributed by atoms with van der Waals surface area (Å²) >= 11 is 1.47. The molecule has 0 bridgehead atoms. The van der Waals surface area contributed by atoms with E-state index in [2.05, 4.69) is 21.6 Å². The fourth-order valence-electron chi connectivity index (χ4n) is 5.06. The van der Waals surface area contributed by atoms with Crippen molar-refractivity contribution in [2.45, 2.75) is 101 Å². The number of carbonyl (C=O) groups excluding carboxylic acids is 4. The standard InChI is InChI=1S/C21H23F3N2O4.C14H23N3O2S.C2H6/c1-29-19-18-12-15(7-8-16(18)9-10-25-19)6-4-2-3-5-11-30-20(28)26-17(14-27)13-21(22,23)24;1-3-5-11(13(18)16-20-10-7-8-10)15-14(19)12-6-4-9-17(12)2;1-2/h4,6-10,12,14,17H,2-3,5,11,13H2,1H3,(H,26,28);3,10-12H,1,4-9H2,2H3,(H,15,19)(H,16,18);1-2H3/b6-4+;;. The third-order valence-corrected chi connectivity index (χ3v) is 9.01. The van der Waals surface area contributed by atoms with Crippen molar-refractivity contribution in [1.82, 2.24) is 25.2 Å². The summed E-state index contributed by atoms with van der Waals surface area (Å²) in [6.07, 6.45) is 7.02. The van der Waals surface area contributed by atoms with Gasteiger partial charge in [0.05, 0.1) is 32.2 Å². The second kappa shape index (κ2) is 23.5. The molecule has 2 aliphatic rings. The number of rotatable bonds is 17. The van der Waals surface area contributed by atoms with Crippen LogP contribution in [0.4, 0.5) is 18.0 Å². The number of allylic oxidation sites excluding steroid dienone is 1. The molecule has 3 unspecified atom stereocenters. The third kappa shape index (κ3) is 16.5. The predicted molar refractivity (Wildman–Crippen MR) is 199 cm³/mol. The maximum Gasteiger partial charge on any atom is 0.407 e. The Morgan fingerprint density at radius 3 is 2.50 bits per heavy atom. The number of amides is 3. The van der Waals surface area contributed by atoms with Gasteiger partial charge >= 0.3 is 12.3 Å². The lowest BCUT2D eigenvalue weighted by atomic mass is 10.1. The zero-order chi connectivity index (χ0) is 38.5. The monoisotopic (exact) mass is 751 g/mol. The van der Waals surface area contributed by atoms with Crippen LogP contribution in [0, 0.1) is 0 Å². The van der Waals surface area contributed by atoms with E-state index in [1.807, 2.05) is 67.5 Å². The second-order valence-electron chi connectivity index (χ2n) is 12.0. The molecule has 3 N–H and O–H groups in total. The molecule has 1 saturated heterocycles. The van der Waals surface area contributed by atoms with E-state index in [9.17, 15) is 32.3 Å². The van der Waals surface area contributed by atoms with Crippen LogP contribution in [-0.2, 0) is 19.1 Å². The summed E-state index contributed by atoms with van der Waals surface area (Å²) in [5.74, 6) is 0.379. The minimum Gasteiger partial charge on any atom is -0.481 e. The zero-order valence-electron chi connectivity index (χ0n) is 30.4. The summed E-state index contributed by atoms with van der Waals surface area (Å²) in [7, 11) is 3.52. The molecule has 1 aliphatic heterocycles. The van der Waals surface area contributed by atoms with Crippen LogP contribution in [0.25, 0.3) is 16.8 Å². The van der Waals surface area contributed by atoms with Crippen molar-refractivity contribution >= 4 is 53.0 Å². The lowest BCUT2D eigenvalue weighted by Gasteiger charge is -2.22. The maximum atomic E-state index is 12.2. The van der Waals surface area contributed by atoms with Crippen molar-refractivity contribution in [1.29, 1.82) is 0 Å². The summed E-state index contributed by atoms with van der Waals surface area (Å²) in [4.78, 5) is 52.6. The number of pyridine rings is 1. The topological polar surface area (TPSA) is 139 Å². The fraction of sp³-hybridized carbons (Fsp3) is 0.541. The molecule has 288 valence electrons. The highest BCUT2D eigenvalue weighted by Crippen LogP contribution is 2.32.